The van der Waals surface area contributed by atoms with Crippen LogP contribution in [0.15, 0.2) is 60.7 Å². The molecular formula is C22H25NO4. The molecule has 0 saturated carbocycles. The number of anilines is 1. The van der Waals surface area contributed by atoms with Gasteiger partial charge in [0, 0.05) is 24.4 Å². The van der Waals surface area contributed by atoms with Crippen LogP contribution in [-0.4, -0.2) is 26.0 Å². The third-order valence-electron chi connectivity index (χ3n) is 3.92. The molecule has 0 radical (unpaired) electrons. The maximum absolute atomic E-state index is 12.7. The van der Waals surface area contributed by atoms with Crippen molar-refractivity contribution in [2.24, 2.45) is 5.41 Å². The van der Waals surface area contributed by atoms with Gasteiger partial charge in [-0.2, -0.15) is 0 Å². The minimum atomic E-state index is -0.695. The molecule has 0 heterocycles. The summed E-state index contributed by atoms with van der Waals surface area (Å²) >= 11 is 0. The van der Waals surface area contributed by atoms with E-state index in [2.05, 4.69) is 0 Å². The molecule has 0 N–H and O–H groups in total. The van der Waals surface area contributed by atoms with Crippen molar-refractivity contribution >= 4 is 23.3 Å². The summed E-state index contributed by atoms with van der Waals surface area (Å²) in [7, 11) is 3.25. The largest absolute Gasteiger partial charge is 0.497 e. The third-order valence-corrected chi connectivity index (χ3v) is 3.92. The molecule has 2 aromatic rings. The highest BCUT2D eigenvalue weighted by Crippen LogP contribution is 2.25. The molecule has 142 valence electrons. The van der Waals surface area contributed by atoms with Crippen molar-refractivity contribution < 1.29 is 19.1 Å². The van der Waals surface area contributed by atoms with E-state index in [1.165, 1.54) is 11.0 Å². The van der Waals surface area contributed by atoms with Gasteiger partial charge in [-0.05, 0) is 57.2 Å². The fourth-order valence-electron chi connectivity index (χ4n) is 2.17. The van der Waals surface area contributed by atoms with E-state index in [4.69, 9.17) is 9.47 Å². The molecule has 0 unspecified atom stereocenters. The number of methoxy groups -OCH3 is 1. The highest BCUT2D eigenvalue weighted by molar-refractivity contribution is 6.05. The summed E-state index contributed by atoms with van der Waals surface area (Å²) in [4.78, 5) is 26.6. The topological polar surface area (TPSA) is 55.8 Å². The quantitative estimate of drug-likeness (QED) is 0.449. The number of esters is 1. The Labute approximate surface area is 160 Å². The number of benzene rings is 2. The molecule has 0 atom stereocenters. The summed E-state index contributed by atoms with van der Waals surface area (Å²) < 4.78 is 10.7. The summed E-state index contributed by atoms with van der Waals surface area (Å²) in [5, 5.41) is 0. The van der Waals surface area contributed by atoms with Gasteiger partial charge in [-0.25, -0.2) is 0 Å². The van der Waals surface area contributed by atoms with Gasteiger partial charge >= 0.3 is 5.97 Å². The molecule has 2 aromatic carbocycles. The Morgan fingerprint density at radius 3 is 2.07 bits per heavy atom. The van der Waals surface area contributed by atoms with Crippen molar-refractivity contribution in [1.29, 1.82) is 0 Å². The fraction of sp³-hybridized carbons (Fsp3) is 0.273. The van der Waals surface area contributed by atoms with Crippen LogP contribution in [-0.2, 0) is 14.3 Å². The SMILES string of the molecule is COc1ccc(/C(=C\C(=O)N(C)c2ccccc2)OC(=O)C(C)(C)C)cc1. The lowest BCUT2D eigenvalue weighted by molar-refractivity contribution is -0.145. The van der Waals surface area contributed by atoms with Gasteiger partial charge in [-0.3, -0.25) is 9.59 Å². The Bertz CT molecular complexity index is 818. The molecule has 5 heteroatoms. The van der Waals surface area contributed by atoms with E-state index in [1.807, 2.05) is 30.3 Å². The van der Waals surface area contributed by atoms with E-state index in [0.717, 1.165) is 5.69 Å². The van der Waals surface area contributed by atoms with Gasteiger partial charge in [-0.1, -0.05) is 18.2 Å². The molecule has 0 saturated heterocycles. The van der Waals surface area contributed by atoms with Crippen molar-refractivity contribution in [3.8, 4) is 5.75 Å². The Balaban J connectivity index is 2.36. The first-order chi connectivity index (χ1) is 12.7. The zero-order valence-electron chi connectivity index (χ0n) is 16.4. The van der Waals surface area contributed by atoms with E-state index in [1.54, 1.807) is 59.2 Å². The van der Waals surface area contributed by atoms with Crippen LogP contribution >= 0.6 is 0 Å². The second kappa shape index (κ2) is 8.54. The minimum absolute atomic E-state index is 0.199. The zero-order valence-corrected chi connectivity index (χ0v) is 16.4. The molecule has 2 rings (SSSR count). The number of nitrogens with zero attached hydrogens (tertiary/aromatic N) is 1. The number of hydrogen-bond donors (Lipinski definition) is 0. The van der Waals surface area contributed by atoms with Crippen molar-refractivity contribution in [1.82, 2.24) is 0 Å². The van der Waals surface area contributed by atoms with Gasteiger partial charge in [0.15, 0.2) is 0 Å². The second-order valence-electron chi connectivity index (χ2n) is 7.11. The summed E-state index contributed by atoms with van der Waals surface area (Å²) in [5.74, 6) is 0.159. The standard InChI is InChI=1S/C22H25NO4/c1-22(2,3)21(25)27-19(16-11-13-18(26-5)14-12-16)15-20(24)23(4)17-9-7-6-8-10-17/h6-15H,1-5H3/b19-15+. The lowest BCUT2D eigenvalue weighted by atomic mass is 9.97. The highest BCUT2D eigenvalue weighted by atomic mass is 16.5. The monoisotopic (exact) mass is 367 g/mol. The number of amides is 1. The molecule has 0 fully saturated rings. The molecule has 0 aromatic heterocycles. The normalized spacial score (nSPS) is 11.7. The van der Waals surface area contributed by atoms with Crippen LogP contribution in [0.25, 0.3) is 5.76 Å². The molecule has 5 nitrogen and oxygen atoms in total. The lowest BCUT2D eigenvalue weighted by Gasteiger charge is -2.20. The predicted octanol–water partition coefficient (Wildman–Crippen LogP) is 4.29. The second-order valence-corrected chi connectivity index (χ2v) is 7.11. The molecule has 0 aliphatic rings. The Hall–Kier alpha value is -3.08. The lowest BCUT2D eigenvalue weighted by Crippen LogP contribution is -2.26. The van der Waals surface area contributed by atoms with Crippen LogP contribution in [0.2, 0.25) is 0 Å². The van der Waals surface area contributed by atoms with Gasteiger partial charge in [-0.15, -0.1) is 0 Å². The van der Waals surface area contributed by atoms with Gasteiger partial charge in [0.25, 0.3) is 5.91 Å². The van der Waals surface area contributed by atoms with Crippen LogP contribution in [0.5, 0.6) is 5.75 Å². The number of carbonyl (C=O) groups excluding carboxylic acids is 2. The van der Waals surface area contributed by atoms with Crippen molar-refractivity contribution in [2.45, 2.75) is 20.8 Å². The molecule has 1 amide bonds. The van der Waals surface area contributed by atoms with Crippen molar-refractivity contribution in [2.75, 3.05) is 19.1 Å². The van der Waals surface area contributed by atoms with E-state index in [9.17, 15) is 9.59 Å². The predicted molar refractivity (Wildman–Crippen MR) is 106 cm³/mol. The van der Waals surface area contributed by atoms with E-state index in [0.29, 0.717) is 11.3 Å². The molecule has 0 aliphatic carbocycles. The Morgan fingerprint density at radius 1 is 0.963 bits per heavy atom. The third kappa shape index (κ3) is 5.45. The van der Waals surface area contributed by atoms with Gasteiger partial charge in [0.1, 0.15) is 11.5 Å². The van der Waals surface area contributed by atoms with Crippen LogP contribution < -0.4 is 9.64 Å². The molecule has 0 spiro atoms. The average molecular weight is 367 g/mol. The first-order valence-corrected chi connectivity index (χ1v) is 8.63. The number of rotatable bonds is 5. The van der Waals surface area contributed by atoms with Crippen LogP contribution in [0, 0.1) is 5.41 Å². The van der Waals surface area contributed by atoms with Crippen LogP contribution in [0.3, 0.4) is 0 Å². The Kier molecular flexibility index (Phi) is 6.40. The number of ether oxygens (including phenoxy) is 2. The van der Waals surface area contributed by atoms with Crippen molar-refractivity contribution in [3.63, 3.8) is 0 Å². The number of para-hydroxylation sites is 1. The summed E-state index contributed by atoms with van der Waals surface area (Å²) in [6.07, 6.45) is 1.33. The molecule has 0 aliphatic heterocycles. The van der Waals surface area contributed by atoms with Gasteiger partial charge < -0.3 is 14.4 Å². The summed E-state index contributed by atoms with van der Waals surface area (Å²) in [6, 6.07) is 16.2. The summed E-state index contributed by atoms with van der Waals surface area (Å²) in [6.45, 7) is 5.29. The maximum Gasteiger partial charge on any atom is 0.316 e. The smallest absolute Gasteiger partial charge is 0.316 e. The van der Waals surface area contributed by atoms with E-state index < -0.39 is 11.4 Å². The maximum atomic E-state index is 12.7. The van der Waals surface area contributed by atoms with E-state index >= 15 is 0 Å². The number of carbonyl (C=O) groups is 2. The number of likely N-dealkylation sites (N-methyl/N-ethyl adjacent to an activating group) is 1. The first kappa shape index (κ1) is 20.2. The molecular weight excluding hydrogens is 342 g/mol. The van der Waals surface area contributed by atoms with E-state index in [-0.39, 0.29) is 11.7 Å². The van der Waals surface area contributed by atoms with Crippen LogP contribution in [0.1, 0.15) is 26.3 Å². The minimum Gasteiger partial charge on any atom is -0.497 e. The Morgan fingerprint density at radius 2 is 1.56 bits per heavy atom. The summed E-state index contributed by atoms with van der Waals surface area (Å²) in [5.41, 5.74) is 0.665. The van der Waals surface area contributed by atoms with Crippen LogP contribution in [0.4, 0.5) is 5.69 Å². The van der Waals surface area contributed by atoms with Gasteiger partial charge in [0.05, 0.1) is 12.5 Å². The average Bonchev–Trinajstić information content (AvgIpc) is 2.66. The first-order valence-electron chi connectivity index (χ1n) is 8.63. The highest BCUT2D eigenvalue weighted by Gasteiger charge is 2.25. The molecule has 27 heavy (non-hydrogen) atoms. The fourth-order valence-corrected chi connectivity index (χ4v) is 2.17. The van der Waals surface area contributed by atoms with Gasteiger partial charge in [0.2, 0.25) is 0 Å². The zero-order chi connectivity index (χ0) is 20.0. The number of hydrogen-bond acceptors (Lipinski definition) is 4. The molecule has 0 bridgehead atoms. The van der Waals surface area contributed by atoms with Crippen molar-refractivity contribution in [3.05, 3.63) is 66.2 Å².